The van der Waals surface area contributed by atoms with Gasteiger partial charge in [0.15, 0.2) is 0 Å². The first-order chi connectivity index (χ1) is 16.0. The number of aliphatic hydroxyl groups excluding tert-OH is 1. The van der Waals surface area contributed by atoms with Gasteiger partial charge in [-0.3, -0.25) is 19.2 Å². The molecule has 1 aromatic carbocycles. The highest BCUT2D eigenvalue weighted by Crippen LogP contribution is 2.11. The molecule has 0 saturated heterocycles. The molecule has 0 saturated carbocycles. The molecule has 3 amide bonds. The van der Waals surface area contributed by atoms with E-state index in [1.807, 2.05) is 5.32 Å². The fourth-order valence-electron chi connectivity index (χ4n) is 2.72. The summed E-state index contributed by atoms with van der Waals surface area (Å²) in [5.74, 6) is -5.55. The lowest BCUT2D eigenvalue weighted by atomic mass is 10.0. The number of aliphatic carboxylic acids is 2. The first kappa shape index (κ1) is 28.7. The van der Waals surface area contributed by atoms with Crippen molar-refractivity contribution in [3.8, 4) is 5.75 Å². The third-order valence-electron chi connectivity index (χ3n) is 4.62. The lowest BCUT2D eigenvalue weighted by molar-refractivity contribution is -0.143. The number of carbonyl (C=O) groups is 5. The summed E-state index contributed by atoms with van der Waals surface area (Å²) in [4.78, 5) is 59.4. The van der Waals surface area contributed by atoms with Crippen LogP contribution in [0, 0.1) is 0 Å². The Labute approximate surface area is 200 Å². The van der Waals surface area contributed by atoms with Crippen LogP contribution < -0.4 is 21.7 Å². The summed E-state index contributed by atoms with van der Waals surface area (Å²) in [7, 11) is 0. The van der Waals surface area contributed by atoms with Gasteiger partial charge in [0.05, 0.1) is 12.6 Å². The predicted octanol–water partition coefficient (Wildman–Crippen LogP) is -2.41. The normalized spacial score (nSPS) is 14.2. The molecule has 0 fully saturated rings. The van der Waals surface area contributed by atoms with Gasteiger partial charge in [0.1, 0.15) is 23.9 Å². The van der Waals surface area contributed by atoms with Gasteiger partial charge in [-0.15, -0.1) is 0 Å². The first-order valence-electron chi connectivity index (χ1n) is 10.1. The highest BCUT2D eigenvalue weighted by Gasteiger charge is 2.30. The highest BCUT2D eigenvalue weighted by molar-refractivity contribution is 7.80. The molecule has 1 aromatic rings. The number of carbonyl (C=O) groups excluding carboxylic acids is 3. The summed E-state index contributed by atoms with van der Waals surface area (Å²) in [5, 5.41) is 42.9. The van der Waals surface area contributed by atoms with Crippen LogP contribution in [0.4, 0.5) is 0 Å². The number of thiol groups is 1. The number of aliphatic hydroxyl groups is 1. The smallest absolute Gasteiger partial charge is 0.328 e. The van der Waals surface area contributed by atoms with E-state index in [0.717, 1.165) is 0 Å². The van der Waals surface area contributed by atoms with Crippen LogP contribution in [0.5, 0.6) is 5.75 Å². The molecule has 13 nitrogen and oxygen atoms in total. The Balaban J connectivity index is 2.86. The van der Waals surface area contributed by atoms with E-state index in [9.17, 15) is 29.1 Å². The Morgan fingerprint density at radius 3 is 1.91 bits per heavy atom. The van der Waals surface area contributed by atoms with Crippen molar-refractivity contribution >= 4 is 42.3 Å². The molecule has 0 aliphatic heterocycles. The molecule has 0 bridgehead atoms. The number of benzene rings is 1. The monoisotopic (exact) mass is 500 g/mol. The van der Waals surface area contributed by atoms with Gasteiger partial charge in [-0.05, 0) is 30.5 Å². The minimum atomic E-state index is -1.60. The molecule has 0 aromatic heterocycles. The Morgan fingerprint density at radius 2 is 1.41 bits per heavy atom. The molecule has 0 aliphatic carbocycles. The van der Waals surface area contributed by atoms with E-state index in [-0.39, 0.29) is 24.3 Å². The van der Waals surface area contributed by atoms with Gasteiger partial charge in [0.2, 0.25) is 17.7 Å². The van der Waals surface area contributed by atoms with Crippen LogP contribution >= 0.6 is 12.6 Å². The lowest BCUT2D eigenvalue weighted by Gasteiger charge is -2.24. The molecule has 4 unspecified atom stereocenters. The average molecular weight is 501 g/mol. The van der Waals surface area contributed by atoms with Gasteiger partial charge < -0.3 is 42.1 Å². The Morgan fingerprint density at radius 1 is 0.882 bits per heavy atom. The maximum absolute atomic E-state index is 12.7. The zero-order valence-electron chi connectivity index (χ0n) is 18.0. The van der Waals surface area contributed by atoms with E-state index in [1.54, 1.807) is 12.1 Å². The Bertz CT molecular complexity index is 881. The van der Waals surface area contributed by atoms with Crippen LogP contribution in [-0.2, 0) is 30.4 Å². The number of nitrogens with one attached hydrogen (secondary N) is 3. The highest BCUT2D eigenvalue weighted by atomic mass is 32.1. The first-order valence-corrected chi connectivity index (χ1v) is 10.7. The van der Waals surface area contributed by atoms with Crippen molar-refractivity contribution in [1.82, 2.24) is 16.0 Å². The van der Waals surface area contributed by atoms with E-state index in [4.69, 9.17) is 21.1 Å². The van der Waals surface area contributed by atoms with Crippen LogP contribution in [0.2, 0.25) is 0 Å². The maximum Gasteiger partial charge on any atom is 0.328 e. The minimum absolute atomic E-state index is 0.0311. The minimum Gasteiger partial charge on any atom is -0.508 e. The van der Waals surface area contributed by atoms with Gasteiger partial charge in [0.25, 0.3) is 0 Å². The standard InChI is InChI=1S/C20H28N4O9S/c21-12(7-10-1-3-11(26)4-2-10)17(29)22-13(5-6-16(27)28)18(30)24-15(9-34)19(31)23-14(8-25)20(32)33/h1-4,12-15,25-26,34H,5-9,21H2,(H,22,29)(H,23,31)(H,24,30)(H,27,28)(H,32,33). The Kier molecular flexibility index (Phi) is 11.8. The molecule has 4 atom stereocenters. The summed E-state index contributed by atoms with van der Waals surface area (Å²) < 4.78 is 0. The van der Waals surface area contributed by atoms with Crippen LogP contribution in [-0.4, -0.2) is 86.6 Å². The number of hydrogen-bond acceptors (Lipinski definition) is 9. The molecule has 0 spiro atoms. The van der Waals surface area contributed by atoms with Gasteiger partial charge in [0, 0.05) is 12.2 Å². The second-order valence-corrected chi connectivity index (χ2v) is 7.66. The van der Waals surface area contributed by atoms with Gasteiger partial charge in [-0.1, -0.05) is 12.1 Å². The van der Waals surface area contributed by atoms with Crippen molar-refractivity contribution in [2.45, 2.75) is 43.4 Å². The van der Waals surface area contributed by atoms with Crippen molar-refractivity contribution in [1.29, 1.82) is 0 Å². The van der Waals surface area contributed by atoms with Crippen molar-refractivity contribution < 1.29 is 44.4 Å². The summed E-state index contributed by atoms with van der Waals surface area (Å²) in [6.45, 7) is -0.884. The zero-order valence-corrected chi connectivity index (χ0v) is 18.9. The molecule has 34 heavy (non-hydrogen) atoms. The van der Waals surface area contributed by atoms with E-state index in [2.05, 4.69) is 23.3 Å². The molecular weight excluding hydrogens is 472 g/mol. The summed E-state index contributed by atoms with van der Waals surface area (Å²) in [6, 6.07) is 0.543. The number of phenolic OH excluding ortho intramolecular Hbond substituents is 1. The Hall–Kier alpha value is -3.36. The third-order valence-corrected chi connectivity index (χ3v) is 4.99. The van der Waals surface area contributed by atoms with Crippen molar-refractivity contribution in [2.75, 3.05) is 12.4 Å². The van der Waals surface area contributed by atoms with Gasteiger partial charge >= 0.3 is 11.9 Å². The van der Waals surface area contributed by atoms with Crippen LogP contribution in [0.3, 0.4) is 0 Å². The number of nitrogens with two attached hydrogens (primary N) is 1. The van der Waals surface area contributed by atoms with E-state index < -0.39 is 66.9 Å². The largest absolute Gasteiger partial charge is 0.508 e. The van der Waals surface area contributed by atoms with E-state index in [1.165, 1.54) is 12.1 Å². The second kappa shape index (κ2) is 14.0. The van der Waals surface area contributed by atoms with Gasteiger partial charge in [-0.25, -0.2) is 4.79 Å². The molecule has 0 heterocycles. The number of carboxylic acids is 2. The SMILES string of the molecule is NC(Cc1ccc(O)cc1)C(=O)NC(CCC(=O)O)C(=O)NC(CS)C(=O)NC(CO)C(=O)O. The van der Waals surface area contributed by atoms with Crippen molar-refractivity contribution in [3.63, 3.8) is 0 Å². The number of rotatable bonds is 14. The van der Waals surface area contributed by atoms with Crippen LogP contribution in [0.25, 0.3) is 0 Å². The maximum atomic E-state index is 12.7. The fraction of sp³-hybridized carbons (Fsp3) is 0.450. The van der Waals surface area contributed by atoms with E-state index in [0.29, 0.717) is 5.56 Å². The molecular formula is C20H28N4O9S. The summed E-state index contributed by atoms with van der Waals surface area (Å²) in [6.07, 6.45) is -0.720. The molecule has 0 aliphatic rings. The number of amides is 3. The second-order valence-electron chi connectivity index (χ2n) is 7.30. The van der Waals surface area contributed by atoms with Crippen molar-refractivity contribution in [3.05, 3.63) is 29.8 Å². The van der Waals surface area contributed by atoms with Crippen LogP contribution in [0.1, 0.15) is 18.4 Å². The predicted molar refractivity (Wildman–Crippen MR) is 121 cm³/mol. The van der Waals surface area contributed by atoms with Gasteiger partial charge in [-0.2, -0.15) is 12.6 Å². The van der Waals surface area contributed by atoms with E-state index >= 15 is 0 Å². The fourth-order valence-corrected chi connectivity index (χ4v) is 2.98. The molecule has 14 heteroatoms. The third kappa shape index (κ3) is 9.64. The van der Waals surface area contributed by atoms with Crippen LogP contribution in [0.15, 0.2) is 24.3 Å². The molecule has 1 rings (SSSR count). The number of carboxylic acid groups (broad SMARTS) is 2. The summed E-state index contributed by atoms with van der Waals surface area (Å²) in [5.41, 5.74) is 6.52. The molecule has 0 radical (unpaired) electrons. The average Bonchev–Trinajstić information content (AvgIpc) is 2.78. The number of hydrogen-bond donors (Lipinski definition) is 9. The number of phenols is 1. The zero-order chi connectivity index (χ0) is 25.8. The molecule has 188 valence electrons. The topological polar surface area (TPSA) is 228 Å². The van der Waals surface area contributed by atoms with Crippen molar-refractivity contribution in [2.24, 2.45) is 5.73 Å². The molecule has 9 N–H and O–H groups in total. The quantitative estimate of drug-likeness (QED) is 0.123. The number of aromatic hydroxyl groups is 1. The summed E-state index contributed by atoms with van der Waals surface area (Å²) >= 11 is 3.95. The lowest BCUT2D eigenvalue weighted by Crippen LogP contribution is -2.58.